The van der Waals surface area contributed by atoms with Crippen LogP contribution in [0.15, 0.2) is 24.3 Å². The van der Waals surface area contributed by atoms with Gasteiger partial charge in [-0.15, -0.1) is 0 Å². The summed E-state index contributed by atoms with van der Waals surface area (Å²) >= 11 is 0. The lowest BCUT2D eigenvalue weighted by atomic mass is 10.0. The number of hydrogen-bond donors (Lipinski definition) is 2. The predicted octanol–water partition coefficient (Wildman–Crippen LogP) is 2.20. The second kappa shape index (κ2) is 4.59. The lowest BCUT2D eigenvalue weighted by molar-refractivity contribution is -0.124. The zero-order chi connectivity index (χ0) is 13.7. The maximum Gasteiger partial charge on any atom is 0.224 e. The van der Waals surface area contributed by atoms with Crippen LogP contribution in [-0.4, -0.2) is 17.1 Å². The molecular formula is C17H21NO2. The molecule has 3 heteroatoms. The van der Waals surface area contributed by atoms with E-state index >= 15 is 0 Å². The van der Waals surface area contributed by atoms with Crippen LogP contribution in [0.4, 0.5) is 0 Å². The first-order chi connectivity index (χ1) is 9.75. The van der Waals surface area contributed by atoms with Gasteiger partial charge in [-0.1, -0.05) is 37.1 Å². The number of aliphatic hydroxyl groups excluding tert-OH is 1. The van der Waals surface area contributed by atoms with Crippen molar-refractivity contribution in [3.05, 3.63) is 35.4 Å². The summed E-state index contributed by atoms with van der Waals surface area (Å²) in [6.07, 6.45) is 5.16. The molecule has 0 heterocycles. The highest BCUT2D eigenvalue weighted by molar-refractivity contribution is 5.83. The van der Waals surface area contributed by atoms with E-state index in [1.165, 1.54) is 31.2 Å². The van der Waals surface area contributed by atoms with Gasteiger partial charge in [0.1, 0.15) is 0 Å². The SMILES string of the molecule is O=C(N[C@H]1c2ccccc2C[C@H]1O)C1C2CCCCC21. The van der Waals surface area contributed by atoms with E-state index in [1.54, 1.807) is 0 Å². The molecule has 1 aromatic rings. The fourth-order valence-electron chi connectivity index (χ4n) is 4.38. The Labute approximate surface area is 119 Å². The van der Waals surface area contributed by atoms with Crippen LogP contribution in [-0.2, 0) is 11.2 Å². The van der Waals surface area contributed by atoms with Crippen molar-refractivity contribution in [3.8, 4) is 0 Å². The van der Waals surface area contributed by atoms with Crippen LogP contribution >= 0.6 is 0 Å². The van der Waals surface area contributed by atoms with Crippen molar-refractivity contribution >= 4 is 5.91 Å². The molecule has 0 aliphatic heterocycles. The van der Waals surface area contributed by atoms with Gasteiger partial charge in [0.25, 0.3) is 0 Å². The van der Waals surface area contributed by atoms with E-state index in [4.69, 9.17) is 0 Å². The van der Waals surface area contributed by atoms with Crippen molar-refractivity contribution in [2.24, 2.45) is 17.8 Å². The third-order valence-electron chi connectivity index (χ3n) is 5.46. The molecule has 3 aliphatic carbocycles. The maximum atomic E-state index is 12.5. The normalized spacial score (nSPS) is 38.0. The molecule has 4 rings (SSSR count). The minimum atomic E-state index is -0.475. The quantitative estimate of drug-likeness (QED) is 0.866. The van der Waals surface area contributed by atoms with Crippen LogP contribution in [0.3, 0.4) is 0 Å². The molecular weight excluding hydrogens is 250 g/mol. The Morgan fingerprint density at radius 3 is 2.60 bits per heavy atom. The monoisotopic (exact) mass is 271 g/mol. The summed E-state index contributed by atoms with van der Waals surface area (Å²) in [5.41, 5.74) is 2.26. The summed E-state index contributed by atoms with van der Waals surface area (Å²) in [5, 5.41) is 13.3. The molecule has 106 valence electrons. The number of nitrogens with one attached hydrogen (secondary N) is 1. The number of benzene rings is 1. The largest absolute Gasteiger partial charge is 0.390 e. The smallest absolute Gasteiger partial charge is 0.224 e. The Hall–Kier alpha value is -1.35. The van der Waals surface area contributed by atoms with Gasteiger partial charge >= 0.3 is 0 Å². The van der Waals surface area contributed by atoms with Gasteiger partial charge in [-0.25, -0.2) is 0 Å². The fraction of sp³-hybridized carbons (Fsp3) is 0.588. The molecule has 2 saturated carbocycles. The Bertz CT molecular complexity index is 530. The molecule has 4 atom stereocenters. The Balaban J connectivity index is 1.48. The van der Waals surface area contributed by atoms with Gasteiger partial charge in [-0.2, -0.15) is 0 Å². The summed E-state index contributed by atoms with van der Waals surface area (Å²) in [5.74, 6) is 1.63. The number of carbonyl (C=O) groups is 1. The summed E-state index contributed by atoms with van der Waals surface area (Å²) in [6.45, 7) is 0. The van der Waals surface area contributed by atoms with Crippen LogP contribution in [0, 0.1) is 17.8 Å². The molecule has 2 fully saturated rings. The molecule has 1 aromatic carbocycles. The van der Waals surface area contributed by atoms with Crippen molar-refractivity contribution in [2.45, 2.75) is 44.2 Å². The predicted molar refractivity (Wildman–Crippen MR) is 76.0 cm³/mol. The van der Waals surface area contributed by atoms with Crippen molar-refractivity contribution in [3.63, 3.8) is 0 Å². The number of amides is 1. The van der Waals surface area contributed by atoms with Crippen LogP contribution < -0.4 is 5.32 Å². The van der Waals surface area contributed by atoms with E-state index in [1.807, 2.05) is 24.3 Å². The van der Waals surface area contributed by atoms with Crippen LogP contribution in [0.5, 0.6) is 0 Å². The number of hydrogen-bond acceptors (Lipinski definition) is 2. The average molecular weight is 271 g/mol. The molecule has 0 spiro atoms. The molecule has 3 nitrogen and oxygen atoms in total. The van der Waals surface area contributed by atoms with Crippen LogP contribution in [0.1, 0.15) is 42.9 Å². The average Bonchev–Trinajstić information content (AvgIpc) is 3.12. The molecule has 0 bridgehead atoms. The number of fused-ring (bicyclic) bond motifs is 2. The van der Waals surface area contributed by atoms with Crippen LogP contribution in [0.2, 0.25) is 0 Å². The van der Waals surface area contributed by atoms with Gasteiger partial charge in [0.05, 0.1) is 12.1 Å². The standard InChI is InChI=1S/C17H21NO2/c19-14-9-10-5-1-2-6-11(10)16(14)18-17(20)15-12-7-3-4-8-13(12)15/h1-2,5-6,12-16,19H,3-4,7-9H2,(H,18,20)/t12?,13?,14-,15?,16+/m1/s1. The topological polar surface area (TPSA) is 49.3 Å². The molecule has 3 aliphatic rings. The third-order valence-corrected chi connectivity index (χ3v) is 5.46. The minimum Gasteiger partial charge on any atom is -0.390 e. The Kier molecular flexibility index (Phi) is 2.84. The van der Waals surface area contributed by atoms with E-state index in [0.717, 1.165) is 5.56 Å². The fourth-order valence-corrected chi connectivity index (χ4v) is 4.38. The zero-order valence-electron chi connectivity index (χ0n) is 11.6. The van der Waals surface area contributed by atoms with Crippen molar-refractivity contribution in [1.29, 1.82) is 0 Å². The molecule has 20 heavy (non-hydrogen) atoms. The van der Waals surface area contributed by atoms with Crippen LogP contribution in [0.25, 0.3) is 0 Å². The second-order valence-corrected chi connectivity index (χ2v) is 6.59. The Morgan fingerprint density at radius 2 is 1.85 bits per heavy atom. The van der Waals surface area contributed by atoms with E-state index in [9.17, 15) is 9.90 Å². The van der Waals surface area contributed by atoms with E-state index in [2.05, 4.69) is 5.32 Å². The maximum absolute atomic E-state index is 12.5. The van der Waals surface area contributed by atoms with E-state index in [-0.39, 0.29) is 17.9 Å². The summed E-state index contributed by atoms with van der Waals surface area (Å²) in [4.78, 5) is 12.5. The lowest BCUT2D eigenvalue weighted by Gasteiger charge is -2.18. The van der Waals surface area contributed by atoms with Crippen molar-refractivity contribution in [2.75, 3.05) is 0 Å². The molecule has 1 amide bonds. The highest BCUT2D eigenvalue weighted by Crippen LogP contribution is 2.55. The molecule has 2 unspecified atom stereocenters. The first-order valence-corrected chi connectivity index (χ1v) is 7.82. The Morgan fingerprint density at radius 1 is 1.15 bits per heavy atom. The van der Waals surface area contributed by atoms with Gasteiger partial charge in [0.15, 0.2) is 0 Å². The van der Waals surface area contributed by atoms with Gasteiger partial charge in [-0.05, 0) is 35.8 Å². The van der Waals surface area contributed by atoms with Gasteiger partial charge in [0.2, 0.25) is 5.91 Å². The molecule has 2 N–H and O–H groups in total. The van der Waals surface area contributed by atoms with Crippen molar-refractivity contribution < 1.29 is 9.90 Å². The highest BCUT2D eigenvalue weighted by atomic mass is 16.3. The summed E-state index contributed by atoms with van der Waals surface area (Å²) in [7, 11) is 0. The van der Waals surface area contributed by atoms with E-state index in [0.29, 0.717) is 18.3 Å². The summed E-state index contributed by atoms with van der Waals surface area (Å²) in [6, 6.07) is 7.83. The zero-order valence-corrected chi connectivity index (χ0v) is 11.6. The molecule has 0 aromatic heterocycles. The van der Waals surface area contributed by atoms with Gasteiger partial charge in [0, 0.05) is 12.3 Å². The van der Waals surface area contributed by atoms with Gasteiger partial charge < -0.3 is 10.4 Å². The number of rotatable bonds is 2. The number of carbonyl (C=O) groups excluding carboxylic acids is 1. The first kappa shape index (κ1) is 12.4. The van der Waals surface area contributed by atoms with Crippen molar-refractivity contribution in [1.82, 2.24) is 5.32 Å². The molecule has 0 radical (unpaired) electrons. The second-order valence-electron chi connectivity index (χ2n) is 6.59. The molecule has 0 saturated heterocycles. The van der Waals surface area contributed by atoms with Gasteiger partial charge in [-0.3, -0.25) is 4.79 Å². The van der Waals surface area contributed by atoms with E-state index < -0.39 is 6.10 Å². The minimum absolute atomic E-state index is 0.169. The number of aliphatic hydroxyl groups is 1. The third kappa shape index (κ3) is 1.87. The first-order valence-electron chi connectivity index (χ1n) is 7.82. The lowest BCUT2D eigenvalue weighted by Crippen LogP contribution is -2.35. The highest BCUT2D eigenvalue weighted by Gasteiger charge is 2.55. The summed E-state index contributed by atoms with van der Waals surface area (Å²) < 4.78 is 0.